The fraction of sp³-hybridized carbons (Fsp3) is 1.00. The third-order valence-electron chi connectivity index (χ3n) is 1.98. The van der Waals surface area contributed by atoms with Gasteiger partial charge in [0.2, 0.25) is 0 Å². The molecule has 0 bridgehead atoms. The van der Waals surface area contributed by atoms with Crippen molar-refractivity contribution in [3.05, 3.63) is 0 Å². The number of hydrogen-bond acceptors (Lipinski definition) is 2. The minimum absolute atomic E-state index is 0.0405. The van der Waals surface area contributed by atoms with Gasteiger partial charge in [0.1, 0.15) is 0 Å². The summed E-state index contributed by atoms with van der Waals surface area (Å²) in [7, 11) is 1.70. The molecule has 1 aliphatic heterocycles. The largest absolute Gasteiger partial charge is 0.356 e. The quantitative estimate of drug-likeness (QED) is 0.558. The molecule has 1 saturated heterocycles. The molecule has 1 heterocycles. The van der Waals surface area contributed by atoms with E-state index >= 15 is 0 Å². The molecule has 0 aromatic carbocycles. The van der Waals surface area contributed by atoms with Crippen molar-refractivity contribution in [1.82, 2.24) is 0 Å². The van der Waals surface area contributed by atoms with Crippen LogP contribution in [0.3, 0.4) is 0 Å². The van der Waals surface area contributed by atoms with Gasteiger partial charge in [-0.1, -0.05) is 6.92 Å². The van der Waals surface area contributed by atoms with Gasteiger partial charge in [0, 0.05) is 13.5 Å². The molecule has 10 heavy (non-hydrogen) atoms. The minimum atomic E-state index is 0.0405. The van der Waals surface area contributed by atoms with Crippen LogP contribution in [0.25, 0.3) is 0 Å². The van der Waals surface area contributed by atoms with E-state index in [9.17, 15) is 0 Å². The van der Waals surface area contributed by atoms with E-state index in [1.165, 1.54) is 6.42 Å². The Morgan fingerprint density at radius 2 is 2.00 bits per heavy atom. The molecule has 0 aromatic heterocycles. The van der Waals surface area contributed by atoms with Gasteiger partial charge in [-0.05, 0) is 19.3 Å². The Balaban J connectivity index is 2.35. The predicted octanol–water partition coefficient (Wildman–Crippen LogP) is 1.79. The maximum atomic E-state index is 5.48. The van der Waals surface area contributed by atoms with Crippen molar-refractivity contribution >= 4 is 0 Å². The fourth-order valence-electron chi connectivity index (χ4n) is 1.51. The van der Waals surface area contributed by atoms with Crippen LogP contribution in [0, 0.1) is 5.92 Å². The smallest absolute Gasteiger partial charge is 0.157 e. The Bertz CT molecular complexity index is 93.4. The van der Waals surface area contributed by atoms with Crippen LogP contribution in [0.15, 0.2) is 0 Å². The van der Waals surface area contributed by atoms with Crippen LogP contribution in [-0.2, 0) is 9.47 Å². The lowest BCUT2D eigenvalue weighted by Gasteiger charge is -2.30. The van der Waals surface area contributed by atoms with Gasteiger partial charge in [0.25, 0.3) is 0 Å². The monoisotopic (exact) mass is 144 g/mol. The van der Waals surface area contributed by atoms with Gasteiger partial charge in [-0.2, -0.15) is 0 Å². The first-order chi connectivity index (χ1) is 4.72. The van der Waals surface area contributed by atoms with Crippen molar-refractivity contribution in [2.45, 2.75) is 39.1 Å². The molecule has 0 saturated carbocycles. The highest BCUT2D eigenvalue weighted by Gasteiger charge is 2.23. The summed E-state index contributed by atoms with van der Waals surface area (Å²) in [6.07, 6.45) is 2.62. The highest BCUT2D eigenvalue weighted by molar-refractivity contribution is 4.67. The molecule has 0 aromatic rings. The Hall–Kier alpha value is -0.0800. The standard InChI is InChI=1S/C8H16O2/c1-6-4-7(2)10-8(5-6)9-3/h6-8H,4-5H2,1-3H3/t6-,7+,8+/m1/s1. The van der Waals surface area contributed by atoms with Crippen molar-refractivity contribution in [3.63, 3.8) is 0 Å². The summed E-state index contributed by atoms with van der Waals surface area (Å²) in [6, 6.07) is 0. The van der Waals surface area contributed by atoms with Crippen LogP contribution in [0.2, 0.25) is 0 Å². The number of hydrogen-bond donors (Lipinski definition) is 0. The van der Waals surface area contributed by atoms with E-state index in [4.69, 9.17) is 9.47 Å². The maximum Gasteiger partial charge on any atom is 0.157 e. The SMILES string of the molecule is CO[C@@H]1C[C@H](C)C[C@H](C)O1. The predicted molar refractivity (Wildman–Crippen MR) is 39.7 cm³/mol. The molecule has 1 rings (SSSR count). The van der Waals surface area contributed by atoms with Gasteiger partial charge in [0.05, 0.1) is 6.10 Å². The van der Waals surface area contributed by atoms with E-state index in [2.05, 4.69) is 13.8 Å². The Kier molecular flexibility index (Phi) is 2.69. The summed E-state index contributed by atoms with van der Waals surface area (Å²) in [5.41, 5.74) is 0. The van der Waals surface area contributed by atoms with Crippen molar-refractivity contribution < 1.29 is 9.47 Å². The van der Waals surface area contributed by atoms with Gasteiger partial charge >= 0.3 is 0 Å². The molecule has 0 unspecified atom stereocenters. The van der Waals surface area contributed by atoms with Crippen molar-refractivity contribution in [2.24, 2.45) is 5.92 Å². The van der Waals surface area contributed by atoms with E-state index in [-0.39, 0.29) is 6.29 Å². The zero-order valence-electron chi connectivity index (χ0n) is 6.96. The van der Waals surface area contributed by atoms with E-state index in [1.54, 1.807) is 7.11 Å². The summed E-state index contributed by atoms with van der Waals surface area (Å²) in [6.45, 7) is 4.34. The van der Waals surface area contributed by atoms with Crippen molar-refractivity contribution in [2.75, 3.05) is 7.11 Å². The molecular weight excluding hydrogens is 128 g/mol. The summed E-state index contributed by atoms with van der Waals surface area (Å²) in [4.78, 5) is 0. The second kappa shape index (κ2) is 3.35. The third-order valence-corrected chi connectivity index (χ3v) is 1.98. The van der Waals surface area contributed by atoms with Gasteiger partial charge in [-0.3, -0.25) is 0 Å². The van der Waals surface area contributed by atoms with Crippen LogP contribution >= 0.6 is 0 Å². The molecule has 3 atom stereocenters. The summed E-state index contributed by atoms with van der Waals surface area (Å²) in [5.74, 6) is 0.744. The molecule has 1 fully saturated rings. The molecule has 0 radical (unpaired) electrons. The molecule has 0 amide bonds. The fourth-order valence-corrected chi connectivity index (χ4v) is 1.51. The second-order valence-electron chi connectivity index (χ2n) is 3.19. The van der Waals surface area contributed by atoms with Crippen molar-refractivity contribution in [1.29, 1.82) is 0 Å². The van der Waals surface area contributed by atoms with E-state index < -0.39 is 0 Å². The number of rotatable bonds is 1. The topological polar surface area (TPSA) is 18.5 Å². The lowest BCUT2D eigenvalue weighted by molar-refractivity contribution is -0.186. The van der Waals surface area contributed by atoms with Gasteiger partial charge in [-0.15, -0.1) is 0 Å². The van der Waals surface area contributed by atoms with E-state index in [0.29, 0.717) is 6.10 Å². The first kappa shape index (κ1) is 8.02. The zero-order valence-corrected chi connectivity index (χ0v) is 6.96. The lowest BCUT2D eigenvalue weighted by Crippen LogP contribution is -2.31. The third kappa shape index (κ3) is 1.96. The van der Waals surface area contributed by atoms with Crippen LogP contribution in [-0.4, -0.2) is 19.5 Å². The minimum Gasteiger partial charge on any atom is -0.356 e. The molecule has 0 spiro atoms. The van der Waals surface area contributed by atoms with E-state index in [1.807, 2.05) is 0 Å². The second-order valence-corrected chi connectivity index (χ2v) is 3.19. The molecule has 60 valence electrons. The lowest BCUT2D eigenvalue weighted by atomic mass is 9.98. The van der Waals surface area contributed by atoms with Gasteiger partial charge in [0.15, 0.2) is 6.29 Å². The first-order valence-electron chi connectivity index (χ1n) is 3.90. The zero-order chi connectivity index (χ0) is 7.56. The van der Waals surface area contributed by atoms with Crippen LogP contribution in [0.4, 0.5) is 0 Å². The average Bonchev–Trinajstić information content (AvgIpc) is 1.85. The van der Waals surface area contributed by atoms with Gasteiger partial charge < -0.3 is 9.47 Å². The highest BCUT2D eigenvalue weighted by Crippen LogP contribution is 2.24. The molecule has 1 aliphatic rings. The van der Waals surface area contributed by atoms with E-state index in [0.717, 1.165) is 12.3 Å². The summed E-state index contributed by atoms with van der Waals surface area (Å²) >= 11 is 0. The summed E-state index contributed by atoms with van der Waals surface area (Å²) < 4.78 is 10.6. The molecule has 0 aliphatic carbocycles. The Morgan fingerprint density at radius 1 is 1.30 bits per heavy atom. The van der Waals surface area contributed by atoms with Crippen LogP contribution < -0.4 is 0 Å². The Labute approximate surface area is 62.5 Å². The molecular formula is C8H16O2. The average molecular weight is 144 g/mol. The Morgan fingerprint density at radius 3 is 2.50 bits per heavy atom. The number of methoxy groups -OCH3 is 1. The molecule has 2 heteroatoms. The maximum absolute atomic E-state index is 5.48. The molecule has 2 nitrogen and oxygen atoms in total. The van der Waals surface area contributed by atoms with Crippen LogP contribution in [0.1, 0.15) is 26.7 Å². The number of ether oxygens (including phenoxy) is 2. The van der Waals surface area contributed by atoms with Crippen LogP contribution in [0.5, 0.6) is 0 Å². The highest BCUT2D eigenvalue weighted by atomic mass is 16.7. The molecule has 0 N–H and O–H groups in total. The summed E-state index contributed by atoms with van der Waals surface area (Å²) in [5, 5.41) is 0. The van der Waals surface area contributed by atoms with Crippen molar-refractivity contribution in [3.8, 4) is 0 Å². The van der Waals surface area contributed by atoms with Gasteiger partial charge in [-0.25, -0.2) is 0 Å². The first-order valence-corrected chi connectivity index (χ1v) is 3.90. The normalized spacial score (nSPS) is 41.7.